The van der Waals surface area contributed by atoms with E-state index in [2.05, 4.69) is 82.4 Å². The molecule has 0 saturated carbocycles. The molecule has 0 radical (unpaired) electrons. The highest BCUT2D eigenvalue weighted by molar-refractivity contribution is 7.81. The van der Waals surface area contributed by atoms with Crippen LogP contribution in [0.25, 0.3) is 49.0 Å². The average Bonchev–Trinajstić information content (AvgIpc) is 3.02. The Morgan fingerprint density at radius 2 is 1.36 bits per heavy atom. The van der Waals surface area contributed by atoms with Crippen molar-refractivity contribution in [2.24, 2.45) is 0 Å². The van der Waals surface area contributed by atoms with Crippen molar-refractivity contribution >= 4 is 54.2 Å². The van der Waals surface area contributed by atoms with E-state index in [0.717, 1.165) is 67.7 Å². The van der Waals surface area contributed by atoms with Gasteiger partial charge in [-0.2, -0.15) is 4.40 Å². The van der Waals surface area contributed by atoms with Gasteiger partial charge < -0.3 is 27.7 Å². The van der Waals surface area contributed by atoms with E-state index in [-0.39, 0.29) is 0 Å². The van der Waals surface area contributed by atoms with Gasteiger partial charge in [0.25, 0.3) is 10.4 Å². The van der Waals surface area contributed by atoms with Crippen molar-refractivity contribution in [3.05, 3.63) is 84.7 Å². The molecule has 0 aliphatic heterocycles. The molecule has 6 aromatic rings. The Labute approximate surface area is 260 Å². The van der Waals surface area contributed by atoms with Gasteiger partial charge in [-0.1, -0.05) is 42.5 Å². The van der Waals surface area contributed by atoms with Crippen molar-refractivity contribution in [1.29, 1.82) is 0 Å². The second kappa shape index (κ2) is 12.5. The number of ether oxygens (including phenoxy) is 4. The number of carbonyl (C=O) groups is 1. The van der Waals surface area contributed by atoms with Gasteiger partial charge in [-0.05, 0) is 39.9 Å². The third-order valence-electron chi connectivity index (χ3n) is 7.51. The summed E-state index contributed by atoms with van der Waals surface area (Å²) >= 11 is 0. The number of aryl methyl sites for hydroxylation is 1. The number of methoxy groups -OCH3 is 4. The first-order valence-corrected chi connectivity index (χ1v) is 15.1. The minimum atomic E-state index is -4.82. The topological polar surface area (TPSA) is 125 Å². The number of hydrogen-bond donors (Lipinski definition) is 0. The Bertz CT molecular complexity index is 2210. The summed E-state index contributed by atoms with van der Waals surface area (Å²) in [5, 5.41) is 6.58. The van der Waals surface area contributed by atoms with Crippen molar-refractivity contribution in [2.45, 2.75) is 13.8 Å². The second-order valence-electron chi connectivity index (χ2n) is 10.1. The predicted molar refractivity (Wildman–Crippen MR) is 170 cm³/mol. The largest absolute Gasteiger partial charge is 0.716 e. The van der Waals surface area contributed by atoms with E-state index in [0.29, 0.717) is 11.5 Å². The maximum absolute atomic E-state index is 9.66. The lowest BCUT2D eigenvalue weighted by Crippen LogP contribution is -2.25. The highest BCUT2D eigenvalue weighted by Gasteiger charge is 2.24. The first-order chi connectivity index (χ1) is 21.5. The normalized spacial score (nSPS) is 11.3. The van der Waals surface area contributed by atoms with Crippen LogP contribution in [0.15, 0.2) is 79.0 Å². The fourth-order valence-electron chi connectivity index (χ4n) is 5.64. The number of rotatable bonds is 6. The molecule has 0 atom stereocenters. The molecule has 232 valence electrons. The third-order valence-corrected chi connectivity index (χ3v) is 7.95. The van der Waals surface area contributed by atoms with Crippen molar-refractivity contribution in [3.63, 3.8) is 0 Å². The molecule has 6 rings (SSSR count). The Morgan fingerprint density at radius 3 is 1.98 bits per heavy atom. The summed E-state index contributed by atoms with van der Waals surface area (Å²) in [4.78, 5) is 9.66. The Balaban J connectivity index is 0.000000444. The zero-order valence-corrected chi connectivity index (χ0v) is 26.4. The predicted octanol–water partition coefficient (Wildman–Crippen LogP) is 5.90. The Hall–Kier alpha value is -5.13. The quantitative estimate of drug-likeness (QED) is 0.0728. The van der Waals surface area contributed by atoms with E-state index >= 15 is 0 Å². The lowest BCUT2D eigenvalue weighted by atomic mass is 9.94. The molecule has 2 aromatic heterocycles. The molecular weight excluding hydrogens is 598 g/mol. The molecule has 2 heterocycles. The molecule has 4 aromatic carbocycles. The summed E-state index contributed by atoms with van der Waals surface area (Å²) in [6.07, 6.45) is 2.09. The number of nitrogens with zero attached hydrogens (tertiary/aromatic N) is 1. The summed E-state index contributed by atoms with van der Waals surface area (Å²) in [7, 11) is 1.90. The maximum Gasteiger partial charge on any atom is 0.318 e. The summed E-state index contributed by atoms with van der Waals surface area (Å²) in [5.41, 5.74) is 4.26. The summed E-state index contributed by atoms with van der Waals surface area (Å²) in [5.74, 6) is 1.73. The molecule has 11 heteroatoms. The molecule has 0 amide bonds. The summed E-state index contributed by atoms with van der Waals surface area (Å²) < 4.78 is 56.9. The SMILES string of the molecule is CC(=O)OS(=O)(=O)[O-].COc1cc2cc3c4cc(-c5cccc6ccccc56)c(OC)c(OC)c4cc[n+]3c(C)c2cc1OC. The highest BCUT2D eigenvalue weighted by Crippen LogP contribution is 2.46. The minimum Gasteiger partial charge on any atom is -0.716 e. The van der Waals surface area contributed by atoms with Crippen LogP contribution in [0.5, 0.6) is 23.0 Å². The number of hydrogen-bond acceptors (Lipinski definition) is 9. The van der Waals surface area contributed by atoms with Crippen LogP contribution in [0.4, 0.5) is 0 Å². The lowest BCUT2D eigenvalue weighted by molar-refractivity contribution is -0.516. The van der Waals surface area contributed by atoms with E-state index < -0.39 is 16.4 Å². The van der Waals surface area contributed by atoms with Gasteiger partial charge >= 0.3 is 5.97 Å². The van der Waals surface area contributed by atoms with Crippen LogP contribution in [-0.4, -0.2) is 47.4 Å². The van der Waals surface area contributed by atoms with Crippen LogP contribution in [0.2, 0.25) is 0 Å². The smallest absolute Gasteiger partial charge is 0.318 e. The van der Waals surface area contributed by atoms with Gasteiger partial charge in [-0.3, -0.25) is 4.79 Å². The molecule has 0 fully saturated rings. The minimum absolute atomic E-state index is 0.703. The molecule has 0 saturated heterocycles. The summed E-state index contributed by atoms with van der Waals surface area (Å²) in [6, 6.07) is 25.4. The number of aromatic nitrogens is 1. The molecule has 0 aliphatic carbocycles. The monoisotopic (exact) mass is 629 g/mol. The number of fused-ring (bicyclic) bond motifs is 5. The van der Waals surface area contributed by atoms with Gasteiger partial charge in [-0.25, -0.2) is 8.42 Å². The molecule has 0 bridgehead atoms. The average molecular weight is 630 g/mol. The Kier molecular flexibility index (Phi) is 8.67. The summed E-state index contributed by atoms with van der Waals surface area (Å²) in [6.45, 7) is 2.95. The van der Waals surface area contributed by atoms with Crippen molar-refractivity contribution in [3.8, 4) is 34.1 Å². The standard InChI is InChI=1S/C32H28NO4.C2H4O5S/c1-19-25-18-30(35-3)29(34-2)16-21(25)15-28-26-17-27(23-12-8-10-20-9-6-7-11-22(20)23)32(37-5)31(36-4)24(26)13-14-33(19)28;1-2(3)7-8(4,5)6/h6-18H,1-5H3;1H3,(H,4,5,6)/q+1;/p-1. The maximum atomic E-state index is 9.66. The van der Waals surface area contributed by atoms with Gasteiger partial charge in [0.1, 0.15) is 0 Å². The zero-order valence-electron chi connectivity index (χ0n) is 25.5. The van der Waals surface area contributed by atoms with Gasteiger partial charge in [0.2, 0.25) is 5.52 Å². The van der Waals surface area contributed by atoms with Crippen LogP contribution < -0.4 is 23.3 Å². The van der Waals surface area contributed by atoms with Crippen LogP contribution in [-0.2, 0) is 19.4 Å². The molecule has 10 nitrogen and oxygen atoms in total. The fraction of sp³-hybridized carbons (Fsp3) is 0.176. The highest BCUT2D eigenvalue weighted by atomic mass is 32.3. The van der Waals surface area contributed by atoms with Crippen molar-refractivity contribution in [1.82, 2.24) is 0 Å². The fourth-order valence-corrected chi connectivity index (χ4v) is 5.93. The molecular formula is C34H31NO9S. The van der Waals surface area contributed by atoms with Crippen LogP contribution >= 0.6 is 0 Å². The van der Waals surface area contributed by atoms with Gasteiger partial charge in [0, 0.05) is 36.9 Å². The first kappa shape index (κ1) is 31.3. The third kappa shape index (κ3) is 6.00. The zero-order chi connectivity index (χ0) is 32.5. The van der Waals surface area contributed by atoms with E-state index in [1.165, 1.54) is 5.39 Å². The van der Waals surface area contributed by atoms with E-state index in [4.69, 9.17) is 18.9 Å². The van der Waals surface area contributed by atoms with E-state index in [9.17, 15) is 17.8 Å². The first-order valence-electron chi connectivity index (χ1n) is 13.7. The van der Waals surface area contributed by atoms with E-state index in [1.54, 1.807) is 28.4 Å². The lowest BCUT2D eigenvalue weighted by Gasteiger charge is -2.17. The van der Waals surface area contributed by atoms with Crippen LogP contribution in [0.3, 0.4) is 0 Å². The van der Waals surface area contributed by atoms with Crippen molar-refractivity contribution in [2.75, 3.05) is 28.4 Å². The molecule has 0 unspecified atom stereocenters. The van der Waals surface area contributed by atoms with Gasteiger partial charge in [-0.15, -0.1) is 0 Å². The second-order valence-corrected chi connectivity index (χ2v) is 11.0. The number of benzene rings is 4. The van der Waals surface area contributed by atoms with Crippen LogP contribution in [0, 0.1) is 6.92 Å². The molecule has 45 heavy (non-hydrogen) atoms. The Morgan fingerprint density at radius 1 is 0.689 bits per heavy atom. The molecule has 0 aliphatic rings. The van der Waals surface area contributed by atoms with E-state index in [1.807, 2.05) is 12.1 Å². The molecule has 0 spiro atoms. The number of pyridine rings is 2. The van der Waals surface area contributed by atoms with Crippen LogP contribution in [0.1, 0.15) is 12.6 Å². The van der Waals surface area contributed by atoms with Gasteiger partial charge in [0.05, 0.1) is 39.2 Å². The van der Waals surface area contributed by atoms with Crippen molar-refractivity contribution < 1.29 is 45.3 Å². The van der Waals surface area contributed by atoms with Gasteiger partial charge in [0.15, 0.2) is 34.9 Å². The number of carbonyl (C=O) groups excluding carboxylic acids is 1. The molecule has 0 N–H and O–H groups in total.